The standard InChI is InChI=1S/C32H37ClN4O10S2/c1-21(30(38)37-15-5-8-28(37)32(41)42)36-27(31(39)40)20-47-19-24-11-9-23(10-12-24)18-34-48(43,44)25-13-14-26(33)29(16-25)49(45,46)35-17-22-6-3-2-4-7-22/h2-4,6-7,9-14,16,21,27-28,34-36H,5,8,15,17-20H2,1H3,(H,39,40)(H,41,42)/t21-,27-,28-/m0/s1. The first-order valence-electron chi connectivity index (χ1n) is 15.2. The van der Waals surface area contributed by atoms with E-state index in [1.807, 2.05) is 0 Å². The molecule has 0 spiro atoms. The number of carbonyl (C=O) groups is 3. The topological polar surface area (TPSA) is 209 Å². The van der Waals surface area contributed by atoms with Gasteiger partial charge >= 0.3 is 11.9 Å². The number of nitrogens with one attached hydrogen (secondary N) is 3. The molecule has 1 fully saturated rings. The van der Waals surface area contributed by atoms with Crippen molar-refractivity contribution >= 4 is 49.5 Å². The fraction of sp³-hybridized carbons (Fsp3) is 0.344. The molecular weight excluding hydrogens is 700 g/mol. The number of carbonyl (C=O) groups excluding carboxylic acids is 1. The van der Waals surface area contributed by atoms with Crippen molar-refractivity contribution in [2.45, 2.75) is 67.4 Å². The highest BCUT2D eigenvalue weighted by atomic mass is 35.5. The zero-order valence-corrected chi connectivity index (χ0v) is 28.8. The summed E-state index contributed by atoms with van der Waals surface area (Å²) in [4.78, 5) is 36.6. The summed E-state index contributed by atoms with van der Waals surface area (Å²) in [6.07, 6.45) is 0.891. The van der Waals surface area contributed by atoms with Crippen LogP contribution >= 0.6 is 11.6 Å². The third-order valence-electron chi connectivity index (χ3n) is 7.79. The maximum atomic E-state index is 13.0. The van der Waals surface area contributed by atoms with Gasteiger partial charge in [0, 0.05) is 19.6 Å². The van der Waals surface area contributed by atoms with E-state index in [4.69, 9.17) is 16.3 Å². The van der Waals surface area contributed by atoms with Gasteiger partial charge in [-0.2, -0.15) is 0 Å². The van der Waals surface area contributed by atoms with E-state index in [9.17, 15) is 41.4 Å². The first-order chi connectivity index (χ1) is 23.2. The Bertz CT molecular complexity index is 1860. The van der Waals surface area contributed by atoms with Crippen molar-refractivity contribution in [2.24, 2.45) is 0 Å². The van der Waals surface area contributed by atoms with Gasteiger partial charge in [0.15, 0.2) is 0 Å². The quantitative estimate of drug-likeness (QED) is 0.136. The number of ether oxygens (including phenoxy) is 1. The van der Waals surface area contributed by atoms with Gasteiger partial charge in [-0.05, 0) is 54.7 Å². The number of carboxylic acid groups (broad SMARTS) is 2. The minimum atomic E-state index is -4.14. The van der Waals surface area contributed by atoms with E-state index in [1.165, 1.54) is 24.0 Å². The summed E-state index contributed by atoms with van der Waals surface area (Å²) in [5.41, 5.74) is 1.95. The zero-order chi connectivity index (χ0) is 35.8. The molecule has 1 amide bonds. The van der Waals surface area contributed by atoms with Crippen LogP contribution in [0.25, 0.3) is 0 Å². The second-order valence-corrected chi connectivity index (χ2v) is 15.3. The van der Waals surface area contributed by atoms with Crippen molar-refractivity contribution < 1.29 is 46.2 Å². The highest BCUT2D eigenvalue weighted by Gasteiger charge is 2.37. The van der Waals surface area contributed by atoms with Crippen molar-refractivity contribution in [3.05, 3.63) is 94.5 Å². The number of benzene rings is 3. The van der Waals surface area contributed by atoms with Crippen LogP contribution in [0.3, 0.4) is 0 Å². The fourth-order valence-corrected chi connectivity index (χ4v) is 7.78. The van der Waals surface area contributed by atoms with Crippen LogP contribution < -0.4 is 14.8 Å². The SMILES string of the molecule is C[C@H](N[C@@H](COCc1ccc(CNS(=O)(=O)c2ccc(Cl)c(S(=O)(=O)NCc3ccccc3)c2)cc1)C(=O)O)C(=O)N1CCC[C@H]1C(=O)O. The number of aliphatic carboxylic acids is 2. The van der Waals surface area contributed by atoms with Gasteiger partial charge in [-0.1, -0.05) is 66.2 Å². The molecular formula is C32H37ClN4O10S2. The Balaban J connectivity index is 1.29. The average molecular weight is 737 g/mol. The van der Waals surface area contributed by atoms with Crippen molar-refractivity contribution in [1.82, 2.24) is 19.7 Å². The van der Waals surface area contributed by atoms with Gasteiger partial charge in [0.25, 0.3) is 0 Å². The minimum Gasteiger partial charge on any atom is -0.480 e. The third-order valence-corrected chi connectivity index (χ3v) is 11.1. The van der Waals surface area contributed by atoms with E-state index < -0.39 is 56.0 Å². The van der Waals surface area contributed by atoms with Gasteiger partial charge in [-0.3, -0.25) is 14.9 Å². The predicted molar refractivity (Wildman–Crippen MR) is 178 cm³/mol. The summed E-state index contributed by atoms with van der Waals surface area (Å²) in [6.45, 7) is 1.37. The molecule has 0 saturated carbocycles. The van der Waals surface area contributed by atoms with E-state index in [0.717, 1.165) is 6.07 Å². The molecule has 3 aromatic rings. The van der Waals surface area contributed by atoms with E-state index in [0.29, 0.717) is 29.5 Å². The molecule has 0 bridgehead atoms. The van der Waals surface area contributed by atoms with Crippen LogP contribution in [0.15, 0.2) is 82.6 Å². The number of halogens is 1. The first kappa shape index (κ1) is 37.9. The van der Waals surface area contributed by atoms with Gasteiger partial charge in [0.1, 0.15) is 17.0 Å². The van der Waals surface area contributed by atoms with Crippen molar-refractivity contribution in [3.8, 4) is 0 Å². The lowest BCUT2D eigenvalue weighted by Gasteiger charge is -2.27. The first-order valence-corrected chi connectivity index (χ1v) is 18.5. The Morgan fingerprint density at radius 2 is 1.51 bits per heavy atom. The molecule has 0 aliphatic carbocycles. The van der Waals surface area contributed by atoms with Crippen LogP contribution in [-0.2, 0) is 58.9 Å². The predicted octanol–water partition coefficient (Wildman–Crippen LogP) is 2.32. The number of carboxylic acids is 2. The molecule has 1 heterocycles. The number of nitrogens with zero attached hydrogens (tertiary/aromatic N) is 1. The Morgan fingerprint density at radius 3 is 2.14 bits per heavy atom. The number of likely N-dealkylation sites (tertiary alicyclic amines) is 1. The Kier molecular flexibility index (Phi) is 12.9. The number of rotatable bonds is 17. The van der Waals surface area contributed by atoms with Gasteiger partial charge in [-0.25, -0.2) is 31.1 Å². The lowest BCUT2D eigenvalue weighted by atomic mass is 10.1. The summed E-state index contributed by atoms with van der Waals surface area (Å²) < 4.78 is 62.4. The van der Waals surface area contributed by atoms with Crippen LogP contribution in [-0.4, -0.2) is 81.1 Å². The molecule has 17 heteroatoms. The van der Waals surface area contributed by atoms with Gasteiger partial charge in [-0.15, -0.1) is 0 Å². The zero-order valence-electron chi connectivity index (χ0n) is 26.4. The molecule has 0 aromatic heterocycles. The Morgan fingerprint density at radius 1 is 0.898 bits per heavy atom. The largest absolute Gasteiger partial charge is 0.480 e. The summed E-state index contributed by atoms with van der Waals surface area (Å²) in [5, 5.41) is 21.5. The lowest BCUT2D eigenvalue weighted by molar-refractivity contribution is -0.149. The minimum absolute atomic E-state index is 0.0115. The van der Waals surface area contributed by atoms with Gasteiger partial charge in [0.2, 0.25) is 26.0 Å². The summed E-state index contributed by atoms with van der Waals surface area (Å²) in [7, 11) is -8.28. The molecule has 4 rings (SSSR count). The van der Waals surface area contributed by atoms with Crippen molar-refractivity contribution in [2.75, 3.05) is 13.2 Å². The van der Waals surface area contributed by atoms with Crippen LogP contribution in [0.5, 0.6) is 0 Å². The Labute approximate surface area is 289 Å². The monoisotopic (exact) mass is 736 g/mol. The smallest absolute Gasteiger partial charge is 0.326 e. The second kappa shape index (κ2) is 16.7. The molecule has 0 radical (unpaired) electrons. The maximum Gasteiger partial charge on any atom is 0.326 e. The van der Waals surface area contributed by atoms with Crippen LogP contribution in [0.2, 0.25) is 5.02 Å². The van der Waals surface area contributed by atoms with Gasteiger partial charge < -0.3 is 19.8 Å². The number of sulfonamides is 2. The van der Waals surface area contributed by atoms with Crippen molar-refractivity contribution in [1.29, 1.82) is 0 Å². The van der Waals surface area contributed by atoms with Gasteiger partial charge in [0.05, 0.1) is 29.2 Å². The summed E-state index contributed by atoms with van der Waals surface area (Å²) in [5.74, 6) is -2.84. The molecule has 1 aliphatic heterocycles. The molecule has 49 heavy (non-hydrogen) atoms. The normalized spacial score (nSPS) is 16.3. The molecule has 1 aliphatic rings. The molecule has 14 nitrogen and oxygen atoms in total. The Hall–Kier alpha value is -3.90. The summed E-state index contributed by atoms with van der Waals surface area (Å²) in [6, 6.07) is 15.7. The highest BCUT2D eigenvalue weighted by molar-refractivity contribution is 7.90. The van der Waals surface area contributed by atoms with E-state index in [2.05, 4.69) is 14.8 Å². The molecule has 0 unspecified atom stereocenters. The molecule has 5 N–H and O–H groups in total. The average Bonchev–Trinajstić information content (AvgIpc) is 3.57. The third kappa shape index (κ3) is 10.3. The highest BCUT2D eigenvalue weighted by Crippen LogP contribution is 2.25. The molecule has 264 valence electrons. The van der Waals surface area contributed by atoms with Crippen LogP contribution in [0.4, 0.5) is 0 Å². The summed E-state index contributed by atoms with van der Waals surface area (Å²) >= 11 is 6.13. The molecule has 3 aromatic carbocycles. The van der Waals surface area contributed by atoms with Crippen LogP contribution in [0.1, 0.15) is 36.5 Å². The van der Waals surface area contributed by atoms with Crippen molar-refractivity contribution in [3.63, 3.8) is 0 Å². The lowest BCUT2D eigenvalue weighted by Crippen LogP contribution is -2.54. The van der Waals surface area contributed by atoms with E-state index in [1.54, 1.807) is 54.6 Å². The number of hydrogen-bond acceptors (Lipinski definition) is 9. The number of hydrogen-bond donors (Lipinski definition) is 5. The molecule has 3 atom stereocenters. The maximum absolute atomic E-state index is 13.0. The fourth-order valence-electron chi connectivity index (χ4n) is 5.12. The van der Waals surface area contributed by atoms with E-state index >= 15 is 0 Å². The molecule has 1 saturated heterocycles. The number of amides is 1. The second-order valence-electron chi connectivity index (χ2n) is 11.4. The van der Waals surface area contributed by atoms with Crippen LogP contribution in [0, 0.1) is 0 Å². The van der Waals surface area contributed by atoms with E-state index in [-0.39, 0.29) is 47.7 Å².